The molecule has 0 aromatic carbocycles. The van der Waals surface area contributed by atoms with Gasteiger partial charge in [0.15, 0.2) is 0 Å². The predicted molar refractivity (Wildman–Crippen MR) is 71.0 cm³/mol. The Hall–Kier alpha value is -1.88. The summed E-state index contributed by atoms with van der Waals surface area (Å²) < 4.78 is 4.93. The summed E-state index contributed by atoms with van der Waals surface area (Å²) in [6, 6.07) is 5.05. The summed E-state index contributed by atoms with van der Waals surface area (Å²) in [6.07, 6.45) is 0.726. The third kappa shape index (κ3) is 3.54. The van der Waals surface area contributed by atoms with Crippen molar-refractivity contribution in [3.05, 3.63) is 46.1 Å². The van der Waals surface area contributed by atoms with Crippen LogP contribution in [0.5, 0.6) is 0 Å². The van der Waals surface area contributed by atoms with Gasteiger partial charge in [-0.25, -0.2) is 4.98 Å². The zero-order valence-corrected chi connectivity index (χ0v) is 11.5. The van der Waals surface area contributed by atoms with Crippen molar-refractivity contribution >= 4 is 17.5 Å². The number of rotatable bonds is 4. The van der Waals surface area contributed by atoms with Crippen molar-refractivity contribution in [3.8, 4) is 0 Å². The van der Waals surface area contributed by atoms with Crippen LogP contribution in [0.25, 0.3) is 0 Å². The fraction of sp³-hybridized carbons (Fsp3) is 0.308. The average molecular weight is 280 g/mol. The number of nitrogens with one attached hydrogen (secondary N) is 1. The van der Waals surface area contributed by atoms with Crippen LogP contribution in [0.2, 0.25) is 5.15 Å². The van der Waals surface area contributed by atoms with Crippen molar-refractivity contribution in [2.45, 2.75) is 26.8 Å². The molecule has 2 rings (SSSR count). The molecular formula is C13H14ClN3O2. The van der Waals surface area contributed by atoms with Gasteiger partial charge in [-0.15, -0.1) is 0 Å². The van der Waals surface area contributed by atoms with E-state index < -0.39 is 0 Å². The molecule has 0 aliphatic carbocycles. The molecule has 0 aliphatic heterocycles. The normalized spacial score (nSPS) is 10.5. The Labute approximate surface area is 116 Å². The summed E-state index contributed by atoms with van der Waals surface area (Å²) in [5.41, 5.74) is 1.97. The number of aryl methyl sites for hydroxylation is 2. The summed E-state index contributed by atoms with van der Waals surface area (Å²) in [5, 5.41) is 6.88. The first kappa shape index (κ1) is 13.5. The van der Waals surface area contributed by atoms with Crippen LogP contribution in [0.3, 0.4) is 0 Å². The van der Waals surface area contributed by atoms with E-state index in [9.17, 15) is 4.79 Å². The number of halogens is 1. The first-order valence-corrected chi connectivity index (χ1v) is 6.33. The Morgan fingerprint density at radius 1 is 1.37 bits per heavy atom. The van der Waals surface area contributed by atoms with Gasteiger partial charge >= 0.3 is 0 Å². The minimum Gasteiger partial charge on any atom is -0.361 e. The Morgan fingerprint density at radius 2 is 2.16 bits per heavy atom. The molecule has 0 spiro atoms. The molecule has 0 radical (unpaired) electrons. The molecule has 1 amide bonds. The largest absolute Gasteiger partial charge is 0.361 e. The summed E-state index contributed by atoms with van der Waals surface area (Å²) in [6.45, 7) is 4.07. The molecule has 19 heavy (non-hydrogen) atoms. The summed E-state index contributed by atoms with van der Waals surface area (Å²) in [5.74, 6) is 0.504. The monoisotopic (exact) mass is 279 g/mol. The highest BCUT2D eigenvalue weighted by atomic mass is 35.5. The summed E-state index contributed by atoms with van der Waals surface area (Å²) in [7, 11) is 0. The molecule has 2 aromatic heterocycles. The van der Waals surface area contributed by atoms with Crippen molar-refractivity contribution in [2.75, 3.05) is 0 Å². The highest BCUT2D eigenvalue weighted by Gasteiger charge is 2.09. The van der Waals surface area contributed by atoms with E-state index in [1.807, 2.05) is 6.92 Å². The molecular weight excluding hydrogens is 266 g/mol. The minimum atomic E-state index is -0.209. The van der Waals surface area contributed by atoms with Crippen molar-refractivity contribution in [1.82, 2.24) is 15.5 Å². The van der Waals surface area contributed by atoms with Gasteiger partial charge in [-0.1, -0.05) is 23.7 Å². The van der Waals surface area contributed by atoms with Crippen LogP contribution in [0.1, 0.15) is 34.4 Å². The van der Waals surface area contributed by atoms with E-state index in [0.717, 1.165) is 12.1 Å². The van der Waals surface area contributed by atoms with Gasteiger partial charge in [-0.2, -0.15) is 0 Å². The fourth-order valence-corrected chi connectivity index (χ4v) is 1.86. The molecule has 100 valence electrons. The van der Waals surface area contributed by atoms with Crippen LogP contribution in [0.15, 0.2) is 22.7 Å². The lowest BCUT2D eigenvalue weighted by Gasteiger charge is -2.05. The SMILES string of the molecule is CCc1cc(C(=O)NCc2cc(C)on2)cc(Cl)n1. The third-order valence-electron chi connectivity index (χ3n) is 2.58. The Morgan fingerprint density at radius 3 is 2.79 bits per heavy atom. The summed E-state index contributed by atoms with van der Waals surface area (Å²) in [4.78, 5) is 16.1. The van der Waals surface area contributed by atoms with Gasteiger partial charge in [-0.05, 0) is 25.5 Å². The van der Waals surface area contributed by atoms with Gasteiger partial charge in [-0.3, -0.25) is 4.79 Å². The second-order valence-corrected chi connectivity index (χ2v) is 4.52. The first-order chi connectivity index (χ1) is 9.08. The minimum absolute atomic E-state index is 0.209. The first-order valence-electron chi connectivity index (χ1n) is 5.95. The number of carbonyl (C=O) groups excluding carboxylic acids is 1. The standard InChI is InChI=1S/C13H14ClN3O2/c1-3-10-5-9(6-12(14)16-10)13(18)15-7-11-4-8(2)19-17-11/h4-6H,3,7H2,1-2H3,(H,15,18). The average Bonchev–Trinajstić information content (AvgIpc) is 2.81. The number of amides is 1. The molecule has 1 N–H and O–H groups in total. The quantitative estimate of drug-likeness (QED) is 0.873. The van der Waals surface area contributed by atoms with Gasteiger partial charge in [0.2, 0.25) is 0 Å². The number of aromatic nitrogens is 2. The van der Waals surface area contributed by atoms with Crippen LogP contribution in [-0.4, -0.2) is 16.0 Å². The van der Waals surface area contributed by atoms with E-state index >= 15 is 0 Å². The van der Waals surface area contributed by atoms with Crippen LogP contribution in [-0.2, 0) is 13.0 Å². The lowest BCUT2D eigenvalue weighted by atomic mass is 10.2. The van der Waals surface area contributed by atoms with E-state index in [0.29, 0.717) is 28.7 Å². The van der Waals surface area contributed by atoms with E-state index in [4.69, 9.17) is 16.1 Å². The molecule has 6 heteroatoms. The molecule has 2 heterocycles. The van der Waals surface area contributed by atoms with Crippen molar-refractivity contribution in [2.24, 2.45) is 0 Å². The van der Waals surface area contributed by atoms with Gasteiger partial charge < -0.3 is 9.84 Å². The van der Waals surface area contributed by atoms with Crippen LogP contribution in [0.4, 0.5) is 0 Å². The van der Waals surface area contributed by atoms with E-state index in [1.54, 1.807) is 25.1 Å². The number of hydrogen-bond donors (Lipinski definition) is 1. The maximum Gasteiger partial charge on any atom is 0.251 e. The highest BCUT2D eigenvalue weighted by Crippen LogP contribution is 2.11. The maximum absolute atomic E-state index is 12.0. The Bertz CT molecular complexity index is 595. The second-order valence-electron chi connectivity index (χ2n) is 4.14. The zero-order chi connectivity index (χ0) is 13.8. The molecule has 5 nitrogen and oxygen atoms in total. The molecule has 0 unspecified atom stereocenters. The Kier molecular flexibility index (Phi) is 4.16. The third-order valence-corrected chi connectivity index (χ3v) is 2.77. The van der Waals surface area contributed by atoms with E-state index in [2.05, 4.69) is 15.5 Å². The molecule has 2 aromatic rings. The lowest BCUT2D eigenvalue weighted by molar-refractivity contribution is 0.0950. The zero-order valence-electron chi connectivity index (χ0n) is 10.7. The number of carbonyl (C=O) groups is 1. The van der Waals surface area contributed by atoms with Crippen molar-refractivity contribution in [1.29, 1.82) is 0 Å². The maximum atomic E-state index is 12.0. The number of hydrogen-bond acceptors (Lipinski definition) is 4. The van der Waals surface area contributed by atoms with Crippen molar-refractivity contribution < 1.29 is 9.32 Å². The van der Waals surface area contributed by atoms with Crippen molar-refractivity contribution in [3.63, 3.8) is 0 Å². The topological polar surface area (TPSA) is 68.0 Å². The second kappa shape index (κ2) is 5.84. The number of nitrogens with zero attached hydrogens (tertiary/aromatic N) is 2. The van der Waals surface area contributed by atoms with Gasteiger partial charge in [0.25, 0.3) is 5.91 Å². The molecule has 0 saturated carbocycles. The van der Waals surface area contributed by atoms with Crippen LogP contribution < -0.4 is 5.32 Å². The van der Waals surface area contributed by atoms with Gasteiger partial charge in [0.1, 0.15) is 16.6 Å². The number of pyridine rings is 1. The predicted octanol–water partition coefficient (Wildman–Crippen LogP) is 2.52. The molecule has 0 fully saturated rings. The lowest BCUT2D eigenvalue weighted by Crippen LogP contribution is -2.23. The van der Waals surface area contributed by atoms with E-state index in [-0.39, 0.29) is 5.91 Å². The van der Waals surface area contributed by atoms with Crippen LogP contribution in [0, 0.1) is 6.92 Å². The highest BCUT2D eigenvalue weighted by molar-refractivity contribution is 6.29. The smallest absolute Gasteiger partial charge is 0.251 e. The van der Waals surface area contributed by atoms with Gasteiger partial charge in [0.05, 0.1) is 6.54 Å². The molecule has 0 atom stereocenters. The van der Waals surface area contributed by atoms with Crippen LogP contribution >= 0.6 is 11.6 Å². The van der Waals surface area contributed by atoms with Gasteiger partial charge in [0, 0.05) is 17.3 Å². The Balaban J connectivity index is 2.05. The molecule has 0 aliphatic rings. The molecule has 0 saturated heterocycles. The summed E-state index contributed by atoms with van der Waals surface area (Å²) >= 11 is 5.87. The fourth-order valence-electron chi connectivity index (χ4n) is 1.64. The van der Waals surface area contributed by atoms with E-state index in [1.165, 1.54) is 0 Å². The molecule has 0 bridgehead atoms.